The SMILES string of the molecule is O=C1Cc2cc(S(=O)(=O)NCc3nnc(-c4ccccc4F)o3)ccc2N1. The average Bonchev–Trinajstić information content (AvgIpc) is 3.25. The summed E-state index contributed by atoms with van der Waals surface area (Å²) >= 11 is 0. The molecule has 0 atom stereocenters. The van der Waals surface area contributed by atoms with Crippen molar-refractivity contribution in [1.29, 1.82) is 0 Å². The van der Waals surface area contributed by atoms with Crippen LogP contribution >= 0.6 is 0 Å². The normalized spacial score (nSPS) is 13.4. The predicted molar refractivity (Wildman–Crippen MR) is 92.5 cm³/mol. The maximum atomic E-state index is 13.7. The third-order valence-electron chi connectivity index (χ3n) is 4.00. The van der Waals surface area contributed by atoms with Gasteiger partial charge in [-0.05, 0) is 35.9 Å². The first kappa shape index (κ1) is 17.3. The fourth-order valence-electron chi connectivity index (χ4n) is 2.68. The lowest BCUT2D eigenvalue weighted by molar-refractivity contribution is -0.115. The molecule has 0 saturated heterocycles. The number of nitrogens with zero attached hydrogens (tertiary/aromatic N) is 2. The number of nitrogens with one attached hydrogen (secondary N) is 2. The number of carbonyl (C=O) groups excluding carboxylic acids is 1. The highest BCUT2D eigenvalue weighted by molar-refractivity contribution is 7.89. The minimum atomic E-state index is -3.85. The number of benzene rings is 2. The summed E-state index contributed by atoms with van der Waals surface area (Å²) in [6.07, 6.45) is 0.133. The first-order valence-corrected chi connectivity index (χ1v) is 9.40. The van der Waals surface area contributed by atoms with Crippen molar-refractivity contribution in [2.45, 2.75) is 17.9 Å². The molecule has 1 aromatic heterocycles. The number of halogens is 1. The van der Waals surface area contributed by atoms with Crippen LogP contribution in [0.15, 0.2) is 51.8 Å². The lowest BCUT2D eigenvalue weighted by Crippen LogP contribution is -2.23. The van der Waals surface area contributed by atoms with Gasteiger partial charge in [-0.15, -0.1) is 10.2 Å². The molecule has 27 heavy (non-hydrogen) atoms. The van der Waals surface area contributed by atoms with E-state index < -0.39 is 15.8 Å². The molecule has 3 aromatic rings. The van der Waals surface area contributed by atoms with E-state index >= 15 is 0 Å². The van der Waals surface area contributed by atoms with Gasteiger partial charge in [0.25, 0.3) is 5.89 Å². The second-order valence-corrected chi connectivity index (χ2v) is 7.62. The molecule has 4 rings (SSSR count). The molecule has 0 unspecified atom stereocenters. The van der Waals surface area contributed by atoms with Gasteiger partial charge in [-0.2, -0.15) is 0 Å². The molecule has 2 N–H and O–H groups in total. The fraction of sp³-hybridized carbons (Fsp3) is 0.118. The summed E-state index contributed by atoms with van der Waals surface area (Å²) < 4.78 is 46.3. The summed E-state index contributed by atoms with van der Waals surface area (Å²) in [5, 5.41) is 10.1. The summed E-state index contributed by atoms with van der Waals surface area (Å²) in [6.45, 7) is -0.252. The summed E-state index contributed by atoms with van der Waals surface area (Å²) in [7, 11) is -3.85. The maximum absolute atomic E-state index is 13.7. The fourth-order valence-corrected chi connectivity index (χ4v) is 3.71. The molecular weight excluding hydrogens is 375 g/mol. The molecule has 2 heterocycles. The van der Waals surface area contributed by atoms with E-state index in [1.807, 2.05) is 0 Å². The van der Waals surface area contributed by atoms with E-state index in [1.54, 1.807) is 6.07 Å². The minimum Gasteiger partial charge on any atom is -0.419 e. The molecule has 1 amide bonds. The Morgan fingerprint density at radius 3 is 2.81 bits per heavy atom. The topological polar surface area (TPSA) is 114 Å². The third kappa shape index (κ3) is 3.44. The van der Waals surface area contributed by atoms with E-state index in [0.29, 0.717) is 11.3 Å². The number of amides is 1. The number of fused-ring (bicyclic) bond motifs is 1. The largest absolute Gasteiger partial charge is 0.419 e. The number of rotatable bonds is 5. The molecule has 0 spiro atoms. The van der Waals surface area contributed by atoms with Crippen LogP contribution in [0.25, 0.3) is 11.5 Å². The van der Waals surface area contributed by atoms with Gasteiger partial charge in [-0.25, -0.2) is 17.5 Å². The monoisotopic (exact) mass is 388 g/mol. The molecule has 1 aliphatic rings. The number of hydrogen-bond donors (Lipinski definition) is 2. The van der Waals surface area contributed by atoms with Gasteiger partial charge < -0.3 is 9.73 Å². The predicted octanol–water partition coefficient (Wildman–Crippen LogP) is 1.85. The van der Waals surface area contributed by atoms with Crippen molar-refractivity contribution in [2.24, 2.45) is 0 Å². The number of hydrogen-bond acceptors (Lipinski definition) is 6. The average molecular weight is 388 g/mol. The van der Waals surface area contributed by atoms with Crippen LogP contribution in [-0.4, -0.2) is 24.5 Å². The van der Waals surface area contributed by atoms with Crippen LogP contribution in [0.2, 0.25) is 0 Å². The van der Waals surface area contributed by atoms with E-state index in [2.05, 4.69) is 20.2 Å². The Kier molecular flexibility index (Phi) is 4.21. The summed E-state index contributed by atoms with van der Waals surface area (Å²) in [6, 6.07) is 10.3. The van der Waals surface area contributed by atoms with Crippen LogP contribution in [0.3, 0.4) is 0 Å². The second kappa shape index (κ2) is 6.56. The summed E-state index contributed by atoms with van der Waals surface area (Å²) in [5.41, 5.74) is 1.35. The zero-order valence-corrected chi connectivity index (χ0v) is 14.6. The van der Waals surface area contributed by atoms with Crippen LogP contribution in [-0.2, 0) is 27.8 Å². The Labute approximate surface area is 153 Å². The van der Waals surface area contributed by atoms with Gasteiger partial charge in [0, 0.05) is 5.69 Å². The molecule has 0 saturated carbocycles. The lowest BCUT2D eigenvalue weighted by Gasteiger charge is -2.06. The van der Waals surface area contributed by atoms with E-state index in [0.717, 1.165) is 0 Å². The van der Waals surface area contributed by atoms with Crippen molar-refractivity contribution >= 4 is 21.6 Å². The smallest absolute Gasteiger partial charge is 0.250 e. The zero-order valence-electron chi connectivity index (χ0n) is 13.8. The van der Waals surface area contributed by atoms with Crippen LogP contribution in [0.4, 0.5) is 10.1 Å². The summed E-state index contributed by atoms with van der Waals surface area (Å²) in [4.78, 5) is 11.4. The van der Waals surface area contributed by atoms with Gasteiger partial charge in [-0.1, -0.05) is 12.1 Å². The second-order valence-electron chi connectivity index (χ2n) is 5.85. The molecular formula is C17H13FN4O4S. The van der Waals surface area contributed by atoms with E-state index in [-0.39, 0.29) is 41.1 Å². The quantitative estimate of drug-likeness (QED) is 0.689. The van der Waals surface area contributed by atoms with E-state index in [4.69, 9.17) is 4.42 Å². The Hall–Kier alpha value is -3.11. The Morgan fingerprint density at radius 1 is 1.19 bits per heavy atom. The van der Waals surface area contributed by atoms with Crippen molar-refractivity contribution in [2.75, 3.05) is 5.32 Å². The van der Waals surface area contributed by atoms with Crippen LogP contribution in [0, 0.1) is 5.82 Å². The molecule has 10 heteroatoms. The third-order valence-corrected chi connectivity index (χ3v) is 5.40. The highest BCUT2D eigenvalue weighted by Gasteiger charge is 2.22. The molecule has 1 aliphatic heterocycles. The van der Waals surface area contributed by atoms with Crippen LogP contribution < -0.4 is 10.0 Å². The maximum Gasteiger partial charge on any atom is 0.250 e. The molecule has 0 radical (unpaired) electrons. The standard InChI is InChI=1S/C17H13FN4O4S/c18-13-4-2-1-3-12(13)17-22-21-16(26-17)9-19-27(24,25)11-5-6-14-10(7-11)8-15(23)20-14/h1-7,19H,8-9H2,(H,20,23). The Balaban J connectivity index is 1.50. The van der Waals surface area contributed by atoms with Crippen molar-refractivity contribution < 1.29 is 22.0 Å². The van der Waals surface area contributed by atoms with E-state index in [1.165, 1.54) is 36.4 Å². The molecule has 2 aromatic carbocycles. The number of aromatic nitrogens is 2. The van der Waals surface area contributed by atoms with Gasteiger partial charge in [0.2, 0.25) is 21.8 Å². The molecule has 0 bridgehead atoms. The highest BCUT2D eigenvalue weighted by Crippen LogP contribution is 2.26. The molecule has 8 nitrogen and oxygen atoms in total. The number of anilines is 1. The van der Waals surface area contributed by atoms with Gasteiger partial charge in [0.05, 0.1) is 23.4 Å². The van der Waals surface area contributed by atoms with Gasteiger partial charge in [0.1, 0.15) is 5.82 Å². The van der Waals surface area contributed by atoms with Crippen molar-refractivity contribution in [3.05, 3.63) is 59.7 Å². The first-order valence-electron chi connectivity index (χ1n) is 7.92. The molecule has 0 aliphatic carbocycles. The summed E-state index contributed by atoms with van der Waals surface area (Å²) in [5.74, 6) is -0.743. The zero-order chi connectivity index (χ0) is 19.0. The van der Waals surface area contributed by atoms with Gasteiger partial charge >= 0.3 is 0 Å². The number of sulfonamides is 1. The Bertz CT molecular complexity index is 1140. The molecule has 138 valence electrons. The van der Waals surface area contributed by atoms with Crippen molar-refractivity contribution in [1.82, 2.24) is 14.9 Å². The minimum absolute atomic E-state index is 0.00478. The highest BCUT2D eigenvalue weighted by atomic mass is 32.2. The lowest BCUT2D eigenvalue weighted by atomic mass is 10.2. The first-order chi connectivity index (χ1) is 12.9. The van der Waals surface area contributed by atoms with Gasteiger partial charge in [-0.3, -0.25) is 4.79 Å². The van der Waals surface area contributed by atoms with Crippen molar-refractivity contribution in [3.63, 3.8) is 0 Å². The number of carbonyl (C=O) groups is 1. The van der Waals surface area contributed by atoms with Crippen LogP contribution in [0.1, 0.15) is 11.5 Å². The van der Waals surface area contributed by atoms with Crippen molar-refractivity contribution in [3.8, 4) is 11.5 Å². The van der Waals surface area contributed by atoms with Crippen LogP contribution in [0.5, 0.6) is 0 Å². The Morgan fingerprint density at radius 2 is 2.00 bits per heavy atom. The molecule has 0 fully saturated rings. The van der Waals surface area contributed by atoms with E-state index in [9.17, 15) is 17.6 Å². The van der Waals surface area contributed by atoms with Gasteiger partial charge in [0.15, 0.2) is 0 Å².